The van der Waals surface area contributed by atoms with Crippen molar-refractivity contribution in [3.8, 4) is 0 Å². The highest BCUT2D eigenvalue weighted by atomic mass is 16.6. The minimum atomic E-state index is -1.36. The van der Waals surface area contributed by atoms with Crippen LogP contribution in [0.2, 0.25) is 0 Å². The van der Waals surface area contributed by atoms with Gasteiger partial charge in [0.05, 0.1) is 7.11 Å². The molecule has 1 rings (SSSR count). The molecule has 6 heteroatoms. The molecule has 0 aliphatic rings. The number of esters is 1. The molecule has 1 amide bonds. The number of ketones is 1. The van der Waals surface area contributed by atoms with E-state index in [-0.39, 0.29) is 18.4 Å². The Balaban J connectivity index is 2.64. The van der Waals surface area contributed by atoms with Crippen molar-refractivity contribution < 1.29 is 23.9 Å². The molecule has 1 atom stereocenters. The van der Waals surface area contributed by atoms with Gasteiger partial charge in [0, 0.05) is 6.42 Å². The predicted octanol–water partition coefficient (Wildman–Crippen LogP) is 2.46. The molecule has 1 aromatic carbocycles. The molecule has 126 valence electrons. The van der Waals surface area contributed by atoms with Gasteiger partial charge in [0.25, 0.3) is 0 Å². The number of hydrogen-bond donors (Lipinski definition) is 1. The molecule has 0 saturated heterocycles. The van der Waals surface area contributed by atoms with Crippen LogP contribution in [0.15, 0.2) is 30.3 Å². The van der Waals surface area contributed by atoms with Crippen LogP contribution in [0.5, 0.6) is 0 Å². The molecule has 0 bridgehead atoms. The zero-order valence-electron chi connectivity index (χ0n) is 13.9. The molecule has 0 saturated carbocycles. The smallest absolute Gasteiger partial charge is 0.408 e. The van der Waals surface area contributed by atoms with E-state index in [0.29, 0.717) is 0 Å². The van der Waals surface area contributed by atoms with Crippen molar-refractivity contribution in [2.75, 3.05) is 7.11 Å². The first-order valence-electron chi connectivity index (χ1n) is 7.30. The summed E-state index contributed by atoms with van der Waals surface area (Å²) in [4.78, 5) is 35.8. The lowest BCUT2D eigenvalue weighted by molar-refractivity contribution is -0.146. The Labute approximate surface area is 136 Å². The van der Waals surface area contributed by atoms with E-state index in [0.717, 1.165) is 12.7 Å². The molecule has 1 aromatic rings. The van der Waals surface area contributed by atoms with Gasteiger partial charge in [-0.2, -0.15) is 0 Å². The van der Waals surface area contributed by atoms with Gasteiger partial charge in [0.15, 0.2) is 11.8 Å². The van der Waals surface area contributed by atoms with E-state index in [2.05, 4.69) is 10.1 Å². The fraction of sp³-hybridized carbons (Fsp3) is 0.471. The van der Waals surface area contributed by atoms with Crippen molar-refractivity contribution in [2.24, 2.45) is 5.41 Å². The van der Waals surface area contributed by atoms with Crippen molar-refractivity contribution in [3.63, 3.8) is 0 Å². The van der Waals surface area contributed by atoms with E-state index >= 15 is 0 Å². The van der Waals surface area contributed by atoms with Crippen LogP contribution >= 0.6 is 0 Å². The number of ether oxygens (including phenoxy) is 2. The van der Waals surface area contributed by atoms with Crippen LogP contribution < -0.4 is 5.32 Å². The number of methoxy groups -OCH3 is 1. The number of rotatable bonds is 6. The lowest BCUT2D eigenvalue weighted by atomic mass is 9.88. The van der Waals surface area contributed by atoms with Gasteiger partial charge in [-0.05, 0) is 11.0 Å². The summed E-state index contributed by atoms with van der Waals surface area (Å²) in [6.07, 6.45) is -0.711. The Kier molecular flexibility index (Phi) is 6.75. The van der Waals surface area contributed by atoms with Crippen molar-refractivity contribution >= 4 is 17.8 Å². The minimum Gasteiger partial charge on any atom is -0.467 e. The molecule has 6 nitrogen and oxygen atoms in total. The average molecular weight is 321 g/mol. The minimum absolute atomic E-state index is 0.0496. The Morgan fingerprint density at radius 2 is 1.74 bits per heavy atom. The Hall–Kier alpha value is -2.37. The number of carbonyl (C=O) groups excluding carboxylic acids is 3. The molecule has 1 unspecified atom stereocenters. The summed E-state index contributed by atoms with van der Waals surface area (Å²) in [6.45, 7) is 5.65. The van der Waals surface area contributed by atoms with Crippen LogP contribution in [0.4, 0.5) is 4.79 Å². The molecule has 0 spiro atoms. The second-order valence-corrected chi connectivity index (χ2v) is 6.37. The van der Waals surface area contributed by atoms with Crippen molar-refractivity contribution in [1.82, 2.24) is 5.32 Å². The molecule has 23 heavy (non-hydrogen) atoms. The van der Waals surface area contributed by atoms with E-state index in [4.69, 9.17) is 4.74 Å². The number of benzene rings is 1. The van der Waals surface area contributed by atoms with E-state index in [1.165, 1.54) is 0 Å². The van der Waals surface area contributed by atoms with Crippen molar-refractivity contribution in [2.45, 2.75) is 39.8 Å². The summed E-state index contributed by atoms with van der Waals surface area (Å²) in [5, 5.41) is 2.28. The number of hydrogen-bond acceptors (Lipinski definition) is 5. The van der Waals surface area contributed by atoms with E-state index in [1.807, 2.05) is 39.0 Å². The lowest BCUT2D eigenvalue weighted by Gasteiger charge is -2.21. The lowest BCUT2D eigenvalue weighted by Crippen LogP contribution is -2.48. The van der Waals surface area contributed by atoms with Gasteiger partial charge in [-0.15, -0.1) is 0 Å². The number of carbonyl (C=O) groups is 3. The van der Waals surface area contributed by atoms with Crippen LogP contribution in [0.3, 0.4) is 0 Å². The van der Waals surface area contributed by atoms with Gasteiger partial charge in [0.1, 0.15) is 6.61 Å². The SMILES string of the molecule is COC(=O)C(NC(=O)OCc1ccccc1)C(=O)CC(C)(C)C. The molecule has 0 aliphatic carbocycles. The number of amides is 1. The molecular weight excluding hydrogens is 298 g/mol. The van der Waals surface area contributed by atoms with Crippen molar-refractivity contribution in [1.29, 1.82) is 0 Å². The standard InChI is InChI=1S/C17H23NO5/c1-17(2,3)10-13(19)14(15(20)22-4)18-16(21)23-11-12-8-6-5-7-9-12/h5-9,14H,10-11H2,1-4H3,(H,18,21). The highest BCUT2D eigenvalue weighted by Crippen LogP contribution is 2.20. The second-order valence-electron chi connectivity index (χ2n) is 6.37. The highest BCUT2D eigenvalue weighted by Gasteiger charge is 2.32. The molecule has 0 heterocycles. The topological polar surface area (TPSA) is 81.7 Å². The maximum atomic E-state index is 12.2. The molecule has 0 radical (unpaired) electrons. The van der Waals surface area contributed by atoms with Gasteiger partial charge in [-0.25, -0.2) is 9.59 Å². The first-order chi connectivity index (χ1) is 10.7. The summed E-state index contributed by atoms with van der Waals surface area (Å²) in [7, 11) is 1.16. The molecule has 0 aliphatic heterocycles. The Morgan fingerprint density at radius 1 is 1.13 bits per heavy atom. The first kappa shape index (κ1) is 18.7. The highest BCUT2D eigenvalue weighted by molar-refractivity contribution is 6.05. The van der Waals surface area contributed by atoms with E-state index in [9.17, 15) is 14.4 Å². The van der Waals surface area contributed by atoms with Gasteiger partial charge in [0.2, 0.25) is 0 Å². The van der Waals surface area contributed by atoms with E-state index < -0.39 is 23.9 Å². The number of alkyl carbamates (subject to hydrolysis) is 1. The second kappa shape index (κ2) is 8.31. The summed E-state index contributed by atoms with van der Waals surface area (Å²) in [5.41, 5.74) is 0.497. The number of nitrogens with one attached hydrogen (secondary N) is 1. The quantitative estimate of drug-likeness (QED) is 0.643. The first-order valence-corrected chi connectivity index (χ1v) is 7.30. The Morgan fingerprint density at radius 3 is 2.26 bits per heavy atom. The molecule has 1 N–H and O–H groups in total. The zero-order valence-corrected chi connectivity index (χ0v) is 13.9. The van der Waals surface area contributed by atoms with Crippen LogP contribution in [0, 0.1) is 5.41 Å². The molecular formula is C17H23NO5. The normalized spacial score (nSPS) is 12.2. The monoisotopic (exact) mass is 321 g/mol. The van der Waals surface area contributed by atoms with Crippen molar-refractivity contribution in [3.05, 3.63) is 35.9 Å². The van der Waals surface area contributed by atoms with Crippen LogP contribution in [0.1, 0.15) is 32.8 Å². The molecule has 0 fully saturated rings. The van der Waals surface area contributed by atoms with Gasteiger partial charge in [-0.3, -0.25) is 4.79 Å². The summed E-state index contributed by atoms with van der Waals surface area (Å²) in [6, 6.07) is 7.73. The van der Waals surface area contributed by atoms with Crippen LogP contribution in [-0.4, -0.2) is 31.0 Å². The predicted molar refractivity (Wildman–Crippen MR) is 84.6 cm³/mol. The third-order valence-corrected chi connectivity index (χ3v) is 2.94. The summed E-state index contributed by atoms with van der Waals surface area (Å²) < 4.78 is 9.61. The van der Waals surface area contributed by atoms with Crippen LogP contribution in [0.25, 0.3) is 0 Å². The van der Waals surface area contributed by atoms with E-state index in [1.54, 1.807) is 12.1 Å². The summed E-state index contributed by atoms with van der Waals surface area (Å²) >= 11 is 0. The Bertz CT molecular complexity index is 548. The van der Waals surface area contributed by atoms with Gasteiger partial charge in [-0.1, -0.05) is 51.1 Å². The van der Waals surface area contributed by atoms with Gasteiger partial charge >= 0.3 is 12.1 Å². The summed E-state index contributed by atoms with van der Waals surface area (Å²) in [5.74, 6) is -1.23. The van der Waals surface area contributed by atoms with Gasteiger partial charge < -0.3 is 14.8 Å². The largest absolute Gasteiger partial charge is 0.467 e. The third-order valence-electron chi connectivity index (χ3n) is 2.94. The zero-order chi connectivity index (χ0) is 17.5. The molecule has 0 aromatic heterocycles. The van der Waals surface area contributed by atoms with Crippen LogP contribution in [-0.2, 0) is 25.7 Å². The maximum Gasteiger partial charge on any atom is 0.408 e. The maximum absolute atomic E-state index is 12.2. The number of Topliss-reactive ketones (excluding diaryl/α,β-unsaturated/α-hetero) is 1. The third kappa shape index (κ3) is 6.95. The average Bonchev–Trinajstić information content (AvgIpc) is 2.49. The fourth-order valence-electron chi connectivity index (χ4n) is 1.90. The fourth-order valence-corrected chi connectivity index (χ4v) is 1.90.